The minimum absolute atomic E-state index is 0.117. The lowest BCUT2D eigenvalue weighted by molar-refractivity contribution is -0.118. The molecular weight excluding hydrogens is 511 g/mol. The molecule has 34 heavy (non-hydrogen) atoms. The zero-order chi connectivity index (χ0) is 24.2. The molecule has 4 rings (SSSR count). The van der Waals surface area contributed by atoms with Crippen molar-refractivity contribution in [2.24, 2.45) is 0 Å². The number of hydrogen-bond acceptors (Lipinski definition) is 5. The number of nitrogens with one attached hydrogen (secondary N) is 1. The summed E-state index contributed by atoms with van der Waals surface area (Å²) in [5, 5.41) is 3.61. The number of benzene rings is 3. The average Bonchev–Trinajstić information content (AvgIpc) is 3.08. The zero-order valence-corrected chi connectivity index (χ0v) is 21.0. The second-order valence-electron chi connectivity index (χ2n) is 7.38. The van der Waals surface area contributed by atoms with E-state index in [1.165, 1.54) is 16.7 Å². The maximum atomic E-state index is 13.0. The molecule has 2 amide bonds. The Morgan fingerprint density at radius 2 is 1.79 bits per heavy atom. The predicted molar refractivity (Wildman–Crippen MR) is 144 cm³/mol. The molecule has 0 bridgehead atoms. The van der Waals surface area contributed by atoms with Gasteiger partial charge in [0.1, 0.15) is 5.75 Å². The fraction of sp³-hybridized carbons (Fsp3) is 0.0800. The molecule has 0 unspecified atom stereocenters. The Kier molecular flexibility index (Phi) is 7.58. The van der Waals surface area contributed by atoms with Gasteiger partial charge in [0.25, 0.3) is 11.8 Å². The topological polar surface area (TPSA) is 58.6 Å². The molecule has 5 nitrogen and oxygen atoms in total. The maximum Gasteiger partial charge on any atom is 0.270 e. The van der Waals surface area contributed by atoms with Crippen LogP contribution in [-0.4, -0.2) is 22.7 Å². The third-order valence-electron chi connectivity index (χ3n) is 4.83. The van der Waals surface area contributed by atoms with E-state index >= 15 is 0 Å². The minimum atomic E-state index is -0.257. The summed E-state index contributed by atoms with van der Waals surface area (Å²) in [4.78, 5) is 26.9. The molecule has 0 aliphatic carbocycles. The standard InChI is InChI=1S/C25H18Cl2N2O3S2/c1-15-2-7-18(8-3-15)28-23(30)14-32-19-9-4-16(5-10-19)12-22-24(31)29(25(33)34-22)21-11-6-17(26)13-20(21)27/h2-13H,14H2,1H3,(H,28,30)/b22-12-. The first-order valence-corrected chi connectivity index (χ1v) is 12.1. The SMILES string of the molecule is Cc1ccc(NC(=O)COc2ccc(/C=C3\SC(=S)N(c4ccc(Cl)cc4Cl)C3=O)cc2)cc1. The lowest BCUT2D eigenvalue weighted by Crippen LogP contribution is -2.27. The molecule has 1 saturated heterocycles. The molecule has 172 valence electrons. The fourth-order valence-electron chi connectivity index (χ4n) is 3.13. The average molecular weight is 529 g/mol. The van der Waals surface area contributed by atoms with E-state index in [1.807, 2.05) is 31.2 Å². The number of carbonyl (C=O) groups excluding carboxylic acids is 2. The summed E-state index contributed by atoms with van der Waals surface area (Å²) in [6.45, 7) is 1.86. The molecule has 9 heteroatoms. The van der Waals surface area contributed by atoms with Gasteiger partial charge in [0.2, 0.25) is 0 Å². The van der Waals surface area contributed by atoms with Crippen LogP contribution >= 0.6 is 47.2 Å². The largest absolute Gasteiger partial charge is 0.484 e. The second-order valence-corrected chi connectivity index (χ2v) is 9.90. The quantitative estimate of drug-likeness (QED) is 0.284. The van der Waals surface area contributed by atoms with Crippen LogP contribution in [0.4, 0.5) is 11.4 Å². The van der Waals surface area contributed by atoms with E-state index in [1.54, 1.807) is 48.5 Å². The first-order chi connectivity index (χ1) is 16.3. The first kappa shape index (κ1) is 24.3. The second kappa shape index (κ2) is 10.6. The molecule has 1 aliphatic rings. The first-order valence-electron chi connectivity index (χ1n) is 10.1. The molecule has 0 atom stereocenters. The monoisotopic (exact) mass is 528 g/mol. The third-order valence-corrected chi connectivity index (χ3v) is 6.67. The van der Waals surface area contributed by atoms with Gasteiger partial charge in [-0.25, -0.2) is 0 Å². The molecule has 0 spiro atoms. The highest BCUT2D eigenvalue weighted by Crippen LogP contribution is 2.39. The van der Waals surface area contributed by atoms with Crippen LogP contribution in [0, 0.1) is 6.92 Å². The molecule has 0 saturated carbocycles. The van der Waals surface area contributed by atoms with E-state index in [4.69, 9.17) is 40.2 Å². The number of carbonyl (C=O) groups is 2. The van der Waals surface area contributed by atoms with Gasteiger partial charge >= 0.3 is 0 Å². The van der Waals surface area contributed by atoms with Crippen LogP contribution in [0.25, 0.3) is 6.08 Å². The van der Waals surface area contributed by atoms with Crippen molar-refractivity contribution in [3.63, 3.8) is 0 Å². The van der Waals surface area contributed by atoms with Gasteiger partial charge in [-0.2, -0.15) is 0 Å². The Bertz CT molecular complexity index is 1290. The predicted octanol–water partition coefficient (Wildman–Crippen LogP) is 6.73. The highest BCUT2D eigenvalue weighted by molar-refractivity contribution is 8.27. The molecule has 3 aromatic rings. The molecule has 0 radical (unpaired) electrons. The van der Waals surface area contributed by atoms with Crippen LogP contribution in [0.5, 0.6) is 5.75 Å². The van der Waals surface area contributed by atoms with Gasteiger partial charge in [0.05, 0.1) is 15.6 Å². The number of nitrogens with zero attached hydrogens (tertiary/aromatic N) is 1. The van der Waals surface area contributed by atoms with E-state index in [0.29, 0.717) is 36.4 Å². The van der Waals surface area contributed by atoms with E-state index in [2.05, 4.69) is 5.32 Å². The molecule has 1 heterocycles. The molecule has 3 aromatic carbocycles. The van der Waals surface area contributed by atoms with Gasteiger partial charge in [0.15, 0.2) is 10.9 Å². The van der Waals surface area contributed by atoms with Crippen molar-refractivity contribution in [3.8, 4) is 5.75 Å². The lowest BCUT2D eigenvalue weighted by Gasteiger charge is -2.16. The van der Waals surface area contributed by atoms with Gasteiger partial charge in [-0.3, -0.25) is 14.5 Å². The summed E-state index contributed by atoms with van der Waals surface area (Å²) in [5.74, 6) is 0.0292. The number of halogens is 2. The number of ether oxygens (including phenoxy) is 1. The maximum absolute atomic E-state index is 13.0. The molecule has 0 aromatic heterocycles. The van der Waals surface area contributed by atoms with Crippen molar-refractivity contribution in [2.75, 3.05) is 16.8 Å². The highest BCUT2D eigenvalue weighted by atomic mass is 35.5. The Labute approximate surface area is 216 Å². The van der Waals surface area contributed by atoms with Gasteiger partial charge < -0.3 is 10.1 Å². The Hall–Kier alpha value is -2.84. The summed E-state index contributed by atoms with van der Waals surface area (Å²) in [6, 6.07) is 19.5. The highest BCUT2D eigenvalue weighted by Gasteiger charge is 2.34. The van der Waals surface area contributed by atoms with Crippen molar-refractivity contribution in [3.05, 3.63) is 92.8 Å². The van der Waals surface area contributed by atoms with Gasteiger partial charge in [-0.15, -0.1) is 0 Å². The molecule has 1 N–H and O–H groups in total. The summed E-state index contributed by atoms with van der Waals surface area (Å²) < 4.78 is 5.95. The van der Waals surface area contributed by atoms with Crippen LogP contribution in [0.2, 0.25) is 10.0 Å². The number of anilines is 2. The van der Waals surface area contributed by atoms with Gasteiger partial charge in [0, 0.05) is 10.7 Å². The number of thiocarbonyl (C=S) groups is 1. The number of aryl methyl sites for hydroxylation is 1. The van der Waals surface area contributed by atoms with Gasteiger partial charge in [-0.05, 0) is 61.0 Å². The summed E-state index contributed by atoms with van der Waals surface area (Å²) in [6.07, 6.45) is 1.75. The summed E-state index contributed by atoms with van der Waals surface area (Å²) >= 11 is 18.8. The number of rotatable bonds is 6. The normalized spacial score (nSPS) is 14.6. The number of thioether (sulfide) groups is 1. The smallest absolute Gasteiger partial charge is 0.270 e. The van der Waals surface area contributed by atoms with Gasteiger partial charge in [-0.1, -0.05) is 77.0 Å². The summed E-state index contributed by atoms with van der Waals surface area (Å²) in [7, 11) is 0. The van der Waals surface area contributed by atoms with E-state index in [0.717, 1.165) is 11.1 Å². The van der Waals surface area contributed by atoms with Crippen molar-refractivity contribution >= 4 is 80.8 Å². The minimum Gasteiger partial charge on any atom is -0.484 e. The van der Waals surface area contributed by atoms with Crippen LogP contribution in [0.1, 0.15) is 11.1 Å². The van der Waals surface area contributed by atoms with Crippen molar-refractivity contribution in [1.29, 1.82) is 0 Å². The third kappa shape index (κ3) is 5.80. The van der Waals surface area contributed by atoms with E-state index in [-0.39, 0.29) is 18.4 Å². The fourth-order valence-corrected chi connectivity index (χ4v) is 4.91. The number of hydrogen-bond donors (Lipinski definition) is 1. The van der Waals surface area contributed by atoms with E-state index < -0.39 is 0 Å². The zero-order valence-electron chi connectivity index (χ0n) is 17.9. The summed E-state index contributed by atoms with van der Waals surface area (Å²) in [5.41, 5.74) is 3.11. The van der Waals surface area contributed by atoms with E-state index in [9.17, 15) is 9.59 Å². The Balaban J connectivity index is 1.38. The van der Waals surface area contributed by atoms with Crippen LogP contribution in [0.3, 0.4) is 0 Å². The van der Waals surface area contributed by atoms with Crippen LogP contribution in [-0.2, 0) is 9.59 Å². The molecule has 1 aliphatic heterocycles. The molecular formula is C25H18Cl2N2O3S2. The number of amides is 2. The Morgan fingerprint density at radius 1 is 1.09 bits per heavy atom. The van der Waals surface area contributed by atoms with Crippen molar-refractivity contribution in [2.45, 2.75) is 6.92 Å². The van der Waals surface area contributed by atoms with Crippen LogP contribution < -0.4 is 15.0 Å². The Morgan fingerprint density at radius 3 is 2.47 bits per heavy atom. The van der Waals surface area contributed by atoms with Crippen molar-refractivity contribution < 1.29 is 14.3 Å². The van der Waals surface area contributed by atoms with Crippen molar-refractivity contribution in [1.82, 2.24) is 0 Å². The molecule has 1 fully saturated rings. The van der Waals surface area contributed by atoms with Crippen LogP contribution in [0.15, 0.2) is 71.6 Å². The lowest BCUT2D eigenvalue weighted by atomic mass is 10.2.